The lowest BCUT2D eigenvalue weighted by Gasteiger charge is -2.15. The number of nitrogens with two attached hydrogens (primary N) is 1. The first kappa shape index (κ1) is 22.2. The number of carbonyl (C=O) groups excluding carboxylic acids is 2. The monoisotopic (exact) mass is 510 g/mol. The van der Waals surface area contributed by atoms with Gasteiger partial charge in [0.2, 0.25) is 0 Å². The Bertz CT molecular complexity index is 1120. The molecule has 30 heavy (non-hydrogen) atoms. The number of aromatic nitrogens is 3. The van der Waals surface area contributed by atoms with Gasteiger partial charge in [-0.3, -0.25) is 9.59 Å². The summed E-state index contributed by atoms with van der Waals surface area (Å²) in [6, 6.07) is 7.98. The number of hydrogen-bond donors (Lipinski definition) is 3. The van der Waals surface area contributed by atoms with Crippen molar-refractivity contribution in [2.45, 2.75) is 6.92 Å². The van der Waals surface area contributed by atoms with E-state index in [-0.39, 0.29) is 24.3 Å². The maximum absolute atomic E-state index is 13.1. The van der Waals surface area contributed by atoms with Gasteiger partial charge in [0.15, 0.2) is 5.82 Å². The molecular formula is C19H17BrCl2N6O2. The van der Waals surface area contributed by atoms with E-state index >= 15 is 0 Å². The van der Waals surface area contributed by atoms with Crippen molar-refractivity contribution in [1.29, 1.82) is 0 Å². The topological polar surface area (TPSA) is 115 Å². The standard InChI is InChI=1S/C19H17BrCl2N6O2/c1-10-7-11(21)8-12(18(29)25-6-4-23)16(10)26-19(30)14-9-15(20)27-28(14)17-13(22)3-2-5-24-17/h2-3,5,7-9H,4,6,23H2,1H3,(H,25,29)(H,26,30). The van der Waals surface area contributed by atoms with E-state index in [4.69, 9.17) is 28.9 Å². The average molecular weight is 512 g/mol. The van der Waals surface area contributed by atoms with Gasteiger partial charge in [-0.2, -0.15) is 5.10 Å². The summed E-state index contributed by atoms with van der Waals surface area (Å²) in [7, 11) is 0. The van der Waals surface area contributed by atoms with Gasteiger partial charge in [0, 0.05) is 30.4 Å². The first-order valence-electron chi connectivity index (χ1n) is 8.78. The number of pyridine rings is 1. The molecule has 0 saturated carbocycles. The number of aryl methyl sites for hydroxylation is 1. The lowest BCUT2D eigenvalue weighted by Crippen LogP contribution is -2.30. The Labute approximate surface area is 190 Å². The normalized spacial score (nSPS) is 10.7. The largest absolute Gasteiger partial charge is 0.351 e. The van der Waals surface area contributed by atoms with Gasteiger partial charge in [0.05, 0.1) is 16.3 Å². The molecule has 2 aromatic heterocycles. The Balaban J connectivity index is 2.00. The Morgan fingerprint density at radius 2 is 2.00 bits per heavy atom. The average Bonchev–Trinajstić information content (AvgIpc) is 3.09. The summed E-state index contributed by atoms with van der Waals surface area (Å²) < 4.78 is 1.74. The number of halogens is 3. The Morgan fingerprint density at radius 3 is 2.70 bits per heavy atom. The van der Waals surface area contributed by atoms with E-state index in [1.54, 1.807) is 31.3 Å². The maximum atomic E-state index is 13.1. The van der Waals surface area contributed by atoms with Crippen molar-refractivity contribution in [2.24, 2.45) is 5.73 Å². The third-order valence-corrected chi connectivity index (χ3v) is 4.97. The zero-order valence-corrected chi connectivity index (χ0v) is 18.8. The third kappa shape index (κ3) is 4.81. The summed E-state index contributed by atoms with van der Waals surface area (Å²) >= 11 is 15.6. The molecule has 156 valence electrons. The fraction of sp³-hybridized carbons (Fsp3) is 0.158. The van der Waals surface area contributed by atoms with Gasteiger partial charge < -0.3 is 16.4 Å². The molecular weight excluding hydrogens is 495 g/mol. The first-order valence-corrected chi connectivity index (χ1v) is 10.3. The minimum atomic E-state index is -0.506. The summed E-state index contributed by atoms with van der Waals surface area (Å²) in [5, 5.41) is 10.4. The van der Waals surface area contributed by atoms with Crippen LogP contribution in [0.15, 0.2) is 41.1 Å². The SMILES string of the molecule is Cc1cc(Cl)cc(C(=O)NCCN)c1NC(=O)c1cc(Br)nn1-c1ncccc1Cl. The molecule has 3 rings (SSSR count). The van der Waals surface area contributed by atoms with Crippen molar-refractivity contribution in [1.82, 2.24) is 20.1 Å². The van der Waals surface area contributed by atoms with E-state index in [0.717, 1.165) is 0 Å². The molecule has 0 unspecified atom stereocenters. The van der Waals surface area contributed by atoms with Gasteiger partial charge in [0.1, 0.15) is 10.3 Å². The van der Waals surface area contributed by atoms with Crippen molar-refractivity contribution < 1.29 is 9.59 Å². The second-order valence-corrected chi connectivity index (χ2v) is 7.87. The molecule has 0 radical (unpaired) electrons. The van der Waals surface area contributed by atoms with E-state index in [1.807, 2.05) is 0 Å². The zero-order chi connectivity index (χ0) is 21.8. The van der Waals surface area contributed by atoms with Crippen LogP contribution in [0.5, 0.6) is 0 Å². The highest BCUT2D eigenvalue weighted by Gasteiger charge is 2.22. The number of hydrogen-bond acceptors (Lipinski definition) is 5. The molecule has 4 N–H and O–H groups in total. The van der Waals surface area contributed by atoms with Crippen molar-refractivity contribution in [3.8, 4) is 5.82 Å². The molecule has 0 atom stereocenters. The Kier molecular flexibility index (Phi) is 7.09. The minimum absolute atomic E-state index is 0.171. The first-order chi connectivity index (χ1) is 14.3. The molecule has 0 aliphatic heterocycles. The molecule has 0 saturated heterocycles. The molecule has 11 heteroatoms. The van der Waals surface area contributed by atoms with E-state index in [2.05, 4.69) is 36.6 Å². The maximum Gasteiger partial charge on any atom is 0.274 e. The van der Waals surface area contributed by atoms with E-state index in [1.165, 1.54) is 16.8 Å². The van der Waals surface area contributed by atoms with Crippen LogP contribution in [0.4, 0.5) is 5.69 Å². The molecule has 8 nitrogen and oxygen atoms in total. The molecule has 1 aromatic carbocycles. The van der Waals surface area contributed by atoms with Gasteiger partial charge in [-0.1, -0.05) is 23.2 Å². The summed E-state index contributed by atoms with van der Waals surface area (Å²) in [6.45, 7) is 2.31. The van der Waals surface area contributed by atoms with Crippen molar-refractivity contribution in [3.63, 3.8) is 0 Å². The van der Waals surface area contributed by atoms with Crippen molar-refractivity contribution in [3.05, 3.63) is 68.0 Å². The van der Waals surface area contributed by atoms with E-state index in [0.29, 0.717) is 31.7 Å². The number of nitrogens with zero attached hydrogens (tertiary/aromatic N) is 3. The number of carbonyl (C=O) groups is 2. The number of rotatable bonds is 6. The number of nitrogens with one attached hydrogen (secondary N) is 2. The van der Waals surface area contributed by atoms with Crippen LogP contribution in [0.25, 0.3) is 5.82 Å². The van der Waals surface area contributed by atoms with Crippen LogP contribution >= 0.6 is 39.1 Å². The molecule has 0 bridgehead atoms. The predicted octanol–water partition coefficient (Wildman–Crippen LogP) is 3.59. The van der Waals surface area contributed by atoms with Crippen molar-refractivity contribution >= 4 is 56.6 Å². The highest BCUT2D eigenvalue weighted by Crippen LogP contribution is 2.27. The van der Waals surface area contributed by atoms with Crippen LogP contribution in [0.3, 0.4) is 0 Å². The quantitative estimate of drug-likeness (QED) is 0.467. The fourth-order valence-electron chi connectivity index (χ4n) is 2.76. The summed E-state index contributed by atoms with van der Waals surface area (Å²) in [4.78, 5) is 29.9. The molecule has 0 aliphatic rings. The van der Waals surface area contributed by atoms with Crippen molar-refractivity contribution in [2.75, 3.05) is 18.4 Å². The fourth-order valence-corrected chi connectivity index (χ4v) is 3.61. The van der Waals surface area contributed by atoms with Gasteiger partial charge in [-0.05, 0) is 52.7 Å². The van der Waals surface area contributed by atoms with Crippen LogP contribution in [0.2, 0.25) is 10.0 Å². The Hall–Kier alpha value is -2.46. The third-order valence-electron chi connectivity index (χ3n) is 4.07. The van der Waals surface area contributed by atoms with Gasteiger partial charge in [-0.25, -0.2) is 9.67 Å². The van der Waals surface area contributed by atoms with Gasteiger partial charge in [-0.15, -0.1) is 0 Å². The summed E-state index contributed by atoms with van der Waals surface area (Å²) in [5.74, 6) is -0.610. The van der Waals surface area contributed by atoms with Crippen LogP contribution in [0.1, 0.15) is 26.4 Å². The van der Waals surface area contributed by atoms with Gasteiger partial charge in [0.25, 0.3) is 11.8 Å². The number of anilines is 1. The summed E-state index contributed by atoms with van der Waals surface area (Å²) in [5.41, 5.74) is 6.80. The van der Waals surface area contributed by atoms with Crippen LogP contribution in [0, 0.1) is 6.92 Å². The number of amides is 2. The number of benzene rings is 1. The minimum Gasteiger partial charge on any atom is -0.351 e. The van der Waals surface area contributed by atoms with E-state index in [9.17, 15) is 9.59 Å². The van der Waals surface area contributed by atoms with Crippen LogP contribution in [-0.4, -0.2) is 39.7 Å². The van der Waals surface area contributed by atoms with Crippen LogP contribution < -0.4 is 16.4 Å². The summed E-state index contributed by atoms with van der Waals surface area (Å²) in [6.07, 6.45) is 1.54. The Morgan fingerprint density at radius 1 is 1.23 bits per heavy atom. The van der Waals surface area contributed by atoms with Crippen LogP contribution in [-0.2, 0) is 0 Å². The second-order valence-electron chi connectivity index (χ2n) is 6.22. The molecule has 2 heterocycles. The zero-order valence-electron chi connectivity index (χ0n) is 15.7. The highest BCUT2D eigenvalue weighted by molar-refractivity contribution is 9.10. The predicted molar refractivity (Wildman–Crippen MR) is 120 cm³/mol. The second kappa shape index (κ2) is 9.57. The molecule has 0 fully saturated rings. The lowest BCUT2D eigenvalue weighted by molar-refractivity contribution is 0.0955. The lowest BCUT2D eigenvalue weighted by atomic mass is 10.1. The molecule has 2 amide bonds. The highest BCUT2D eigenvalue weighted by atomic mass is 79.9. The van der Waals surface area contributed by atoms with E-state index < -0.39 is 11.8 Å². The molecule has 3 aromatic rings. The molecule has 0 aliphatic carbocycles. The smallest absolute Gasteiger partial charge is 0.274 e. The molecule has 0 spiro atoms. The van der Waals surface area contributed by atoms with Gasteiger partial charge >= 0.3 is 0 Å².